The standard InChI is InChI=1S/C11H16.CH4/c1-9-5-4-8-11(9)10-6-2-3-7-10;/h4-5,8,10-11H,2-3,6-7H2,1H3;1H4. The van der Waals surface area contributed by atoms with Crippen molar-refractivity contribution in [2.45, 2.75) is 40.0 Å². The van der Waals surface area contributed by atoms with Crippen LogP contribution < -0.4 is 0 Å². The van der Waals surface area contributed by atoms with Gasteiger partial charge in [-0.3, -0.25) is 0 Å². The number of rotatable bonds is 1. The molecule has 0 aromatic rings. The minimum atomic E-state index is 0. The Hall–Kier alpha value is -0.520. The first kappa shape index (κ1) is 9.57. The summed E-state index contributed by atoms with van der Waals surface area (Å²) in [6.07, 6.45) is 12.7. The topological polar surface area (TPSA) is 0 Å². The fourth-order valence-corrected chi connectivity index (χ4v) is 2.44. The highest BCUT2D eigenvalue weighted by Crippen LogP contribution is 2.37. The van der Waals surface area contributed by atoms with Crippen molar-refractivity contribution >= 4 is 0 Å². The Bertz CT molecular complexity index is 192. The van der Waals surface area contributed by atoms with Crippen LogP contribution in [0.5, 0.6) is 0 Å². The van der Waals surface area contributed by atoms with E-state index < -0.39 is 0 Å². The molecule has 0 radical (unpaired) electrons. The SMILES string of the molecule is C.CC1=CC=CC1C1CCCC1. The maximum Gasteiger partial charge on any atom is 0.000849 e. The van der Waals surface area contributed by atoms with Gasteiger partial charge in [0.05, 0.1) is 0 Å². The maximum absolute atomic E-state index is 2.38. The maximum atomic E-state index is 2.38. The smallest absolute Gasteiger partial charge is 0.000849 e. The van der Waals surface area contributed by atoms with Crippen molar-refractivity contribution in [2.75, 3.05) is 0 Å². The van der Waals surface area contributed by atoms with Crippen molar-refractivity contribution in [3.63, 3.8) is 0 Å². The Morgan fingerprint density at radius 2 is 1.92 bits per heavy atom. The zero-order valence-corrected chi connectivity index (χ0v) is 7.22. The molecule has 0 saturated heterocycles. The van der Waals surface area contributed by atoms with Crippen LogP contribution in [0.4, 0.5) is 0 Å². The Morgan fingerprint density at radius 3 is 2.42 bits per heavy atom. The van der Waals surface area contributed by atoms with Crippen LogP contribution in [0.2, 0.25) is 0 Å². The van der Waals surface area contributed by atoms with Gasteiger partial charge in [-0.05, 0) is 25.7 Å². The molecule has 68 valence electrons. The number of hydrogen-bond donors (Lipinski definition) is 0. The van der Waals surface area contributed by atoms with Crippen molar-refractivity contribution < 1.29 is 0 Å². The van der Waals surface area contributed by atoms with Crippen LogP contribution in [-0.2, 0) is 0 Å². The Balaban J connectivity index is 0.000000720. The monoisotopic (exact) mass is 164 g/mol. The molecule has 1 unspecified atom stereocenters. The van der Waals surface area contributed by atoms with Crippen molar-refractivity contribution in [1.29, 1.82) is 0 Å². The quantitative estimate of drug-likeness (QED) is 0.550. The van der Waals surface area contributed by atoms with Gasteiger partial charge in [0.2, 0.25) is 0 Å². The third kappa shape index (κ3) is 1.63. The lowest BCUT2D eigenvalue weighted by molar-refractivity contribution is 0.456. The summed E-state index contributed by atoms with van der Waals surface area (Å²) in [6.45, 7) is 2.27. The molecule has 2 rings (SSSR count). The molecule has 2 aliphatic carbocycles. The van der Waals surface area contributed by atoms with Crippen LogP contribution in [0.1, 0.15) is 40.0 Å². The normalized spacial score (nSPS) is 28.8. The van der Waals surface area contributed by atoms with E-state index in [4.69, 9.17) is 0 Å². The summed E-state index contributed by atoms with van der Waals surface area (Å²) in [6, 6.07) is 0. The molecule has 1 atom stereocenters. The molecule has 0 nitrogen and oxygen atoms in total. The van der Waals surface area contributed by atoms with Crippen molar-refractivity contribution in [3.05, 3.63) is 23.8 Å². The predicted molar refractivity (Wildman–Crippen MR) is 55.1 cm³/mol. The van der Waals surface area contributed by atoms with Gasteiger partial charge < -0.3 is 0 Å². The average Bonchev–Trinajstić information content (AvgIpc) is 2.55. The minimum absolute atomic E-state index is 0. The summed E-state index contributed by atoms with van der Waals surface area (Å²) in [5.74, 6) is 1.78. The third-order valence-corrected chi connectivity index (χ3v) is 3.11. The summed E-state index contributed by atoms with van der Waals surface area (Å²) in [5.41, 5.74) is 1.58. The predicted octanol–water partition coefficient (Wildman–Crippen LogP) is 3.95. The molecule has 0 heteroatoms. The lowest BCUT2D eigenvalue weighted by Gasteiger charge is -2.17. The first-order chi connectivity index (χ1) is 5.38. The summed E-state index contributed by atoms with van der Waals surface area (Å²) in [7, 11) is 0. The first-order valence-electron chi connectivity index (χ1n) is 4.73. The van der Waals surface area contributed by atoms with E-state index in [0.717, 1.165) is 11.8 Å². The molecule has 0 amide bonds. The van der Waals surface area contributed by atoms with Crippen LogP contribution in [0.15, 0.2) is 23.8 Å². The largest absolute Gasteiger partial charge is 0.0776 e. The highest BCUT2D eigenvalue weighted by atomic mass is 14.3. The van der Waals surface area contributed by atoms with Gasteiger partial charge in [-0.1, -0.05) is 44.1 Å². The molecule has 0 spiro atoms. The molecule has 0 bridgehead atoms. The van der Waals surface area contributed by atoms with E-state index >= 15 is 0 Å². The van der Waals surface area contributed by atoms with E-state index in [1.165, 1.54) is 25.7 Å². The van der Waals surface area contributed by atoms with Crippen molar-refractivity contribution in [2.24, 2.45) is 11.8 Å². The lowest BCUT2D eigenvalue weighted by Crippen LogP contribution is -2.07. The summed E-state index contributed by atoms with van der Waals surface area (Å²) in [5, 5.41) is 0. The fraction of sp³-hybridized carbons (Fsp3) is 0.667. The summed E-state index contributed by atoms with van der Waals surface area (Å²) in [4.78, 5) is 0. The lowest BCUT2D eigenvalue weighted by atomic mass is 9.88. The molecule has 0 heterocycles. The second-order valence-electron chi connectivity index (χ2n) is 3.87. The molecule has 2 aliphatic rings. The number of allylic oxidation sites excluding steroid dienone is 4. The van der Waals surface area contributed by atoms with Gasteiger partial charge in [0.1, 0.15) is 0 Å². The summed E-state index contributed by atoms with van der Waals surface area (Å²) >= 11 is 0. The van der Waals surface area contributed by atoms with E-state index in [1.807, 2.05) is 0 Å². The van der Waals surface area contributed by atoms with Crippen LogP contribution in [0.3, 0.4) is 0 Å². The second-order valence-corrected chi connectivity index (χ2v) is 3.87. The second kappa shape index (κ2) is 3.93. The van der Waals surface area contributed by atoms with Gasteiger partial charge in [-0.25, -0.2) is 0 Å². The van der Waals surface area contributed by atoms with Crippen molar-refractivity contribution in [1.82, 2.24) is 0 Å². The Morgan fingerprint density at radius 1 is 1.25 bits per heavy atom. The first-order valence-corrected chi connectivity index (χ1v) is 4.73. The van der Waals surface area contributed by atoms with E-state index in [0.29, 0.717) is 0 Å². The van der Waals surface area contributed by atoms with Gasteiger partial charge in [0.25, 0.3) is 0 Å². The Kier molecular flexibility index (Phi) is 3.13. The zero-order chi connectivity index (χ0) is 7.68. The molecular formula is C12H20. The van der Waals surface area contributed by atoms with Crippen LogP contribution in [-0.4, -0.2) is 0 Å². The van der Waals surface area contributed by atoms with Gasteiger partial charge in [-0.2, -0.15) is 0 Å². The van der Waals surface area contributed by atoms with Crippen LogP contribution >= 0.6 is 0 Å². The van der Waals surface area contributed by atoms with Gasteiger partial charge >= 0.3 is 0 Å². The zero-order valence-electron chi connectivity index (χ0n) is 7.22. The fourth-order valence-electron chi connectivity index (χ4n) is 2.44. The molecule has 0 N–H and O–H groups in total. The van der Waals surface area contributed by atoms with Gasteiger partial charge in [-0.15, -0.1) is 0 Å². The molecular weight excluding hydrogens is 144 g/mol. The highest BCUT2D eigenvalue weighted by molar-refractivity contribution is 5.26. The summed E-state index contributed by atoms with van der Waals surface area (Å²) < 4.78 is 0. The minimum Gasteiger partial charge on any atom is -0.0776 e. The van der Waals surface area contributed by atoms with Gasteiger partial charge in [0, 0.05) is 5.92 Å². The van der Waals surface area contributed by atoms with Crippen LogP contribution in [0, 0.1) is 11.8 Å². The molecule has 0 aromatic carbocycles. The third-order valence-electron chi connectivity index (χ3n) is 3.11. The van der Waals surface area contributed by atoms with E-state index in [1.54, 1.807) is 5.57 Å². The molecule has 1 saturated carbocycles. The molecule has 12 heavy (non-hydrogen) atoms. The van der Waals surface area contributed by atoms with Crippen molar-refractivity contribution in [3.8, 4) is 0 Å². The molecule has 0 aliphatic heterocycles. The number of hydrogen-bond acceptors (Lipinski definition) is 0. The Labute approximate surface area is 76.4 Å². The van der Waals surface area contributed by atoms with E-state index in [9.17, 15) is 0 Å². The average molecular weight is 164 g/mol. The van der Waals surface area contributed by atoms with E-state index in [-0.39, 0.29) is 7.43 Å². The van der Waals surface area contributed by atoms with Crippen LogP contribution in [0.25, 0.3) is 0 Å². The van der Waals surface area contributed by atoms with E-state index in [2.05, 4.69) is 25.2 Å². The molecule has 1 fully saturated rings. The van der Waals surface area contributed by atoms with Gasteiger partial charge in [0.15, 0.2) is 0 Å². The molecule has 0 aromatic heterocycles. The highest BCUT2D eigenvalue weighted by Gasteiger charge is 2.25.